The number of carbonyl (C=O) groups excluding carboxylic acids is 1. The van der Waals surface area contributed by atoms with E-state index >= 15 is 0 Å². The van der Waals surface area contributed by atoms with E-state index in [1.54, 1.807) is 24.9 Å². The van der Waals surface area contributed by atoms with Crippen LogP contribution < -0.4 is 0 Å². The maximum absolute atomic E-state index is 12.1. The van der Waals surface area contributed by atoms with Gasteiger partial charge in [0.15, 0.2) is 0 Å². The predicted molar refractivity (Wildman–Crippen MR) is 64.6 cm³/mol. The van der Waals surface area contributed by atoms with E-state index in [1.165, 1.54) is 6.20 Å². The summed E-state index contributed by atoms with van der Waals surface area (Å²) in [5, 5.41) is 9.73. The molecule has 1 rings (SSSR count). The fourth-order valence-corrected chi connectivity index (χ4v) is 1.46. The lowest BCUT2D eigenvalue weighted by atomic mass is 10.1. The topological polar surface area (TPSA) is 66.3 Å². The Hall–Kier alpha value is -1.49. The first-order valence-corrected chi connectivity index (χ1v) is 5.64. The number of hydrogen-bond acceptors (Lipinski definition) is 4. The average Bonchev–Trinajstić information content (AvgIpc) is 2.25. The molecule has 1 N–H and O–H groups in total. The van der Waals surface area contributed by atoms with Crippen LogP contribution in [0.2, 0.25) is 0 Å². The predicted octanol–water partition coefficient (Wildman–Crippen LogP) is 1.02. The van der Waals surface area contributed by atoms with Crippen LogP contribution in [0.25, 0.3) is 0 Å². The van der Waals surface area contributed by atoms with E-state index in [0.717, 1.165) is 5.69 Å². The molecular weight excluding hydrogens is 218 g/mol. The molecule has 0 unspecified atom stereocenters. The van der Waals surface area contributed by atoms with Gasteiger partial charge in [0.25, 0.3) is 5.91 Å². The first-order chi connectivity index (χ1) is 7.83. The van der Waals surface area contributed by atoms with E-state index in [9.17, 15) is 9.90 Å². The Morgan fingerprint density at radius 1 is 1.41 bits per heavy atom. The smallest absolute Gasteiger partial charge is 0.274 e. The molecule has 0 saturated carbocycles. The molecule has 0 atom stereocenters. The van der Waals surface area contributed by atoms with Gasteiger partial charge in [-0.05, 0) is 27.7 Å². The Kier molecular flexibility index (Phi) is 4.17. The second-order valence-electron chi connectivity index (χ2n) is 4.67. The first-order valence-electron chi connectivity index (χ1n) is 5.64. The third-order valence-electron chi connectivity index (χ3n) is 2.25. The summed E-state index contributed by atoms with van der Waals surface area (Å²) in [6.45, 7) is 7.82. The summed E-state index contributed by atoms with van der Waals surface area (Å²) in [5.74, 6) is -0.206. The summed E-state index contributed by atoms with van der Waals surface area (Å²) < 4.78 is 0. The highest BCUT2D eigenvalue weighted by Gasteiger charge is 2.23. The largest absolute Gasteiger partial charge is 0.389 e. The van der Waals surface area contributed by atoms with Crippen LogP contribution in [0.1, 0.15) is 37.0 Å². The quantitative estimate of drug-likeness (QED) is 0.849. The first kappa shape index (κ1) is 13.6. The zero-order valence-electron chi connectivity index (χ0n) is 10.8. The molecule has 0 aliphatic rings. The van der Waals surface area contributed by atoms with Gasteiger partial charge in [-0.15, -0.1) is 0 Å². The normalized spacial score (nSPS) is 11.4. The molecule has 0 aromatic carbocycles. The molecule has 0 spiro atoms. The molecule has 0 fully saturated rings. The third kappa shape index (κ3) is 4.11. The summed E-state index contributed by atoms with van der Waals surface area (Å²) in [6.07, 6.45) is 3.02. The van der Waals surface area contributed by atoms with Crippen molar-refractivity contribution in [1.29, 1.82) is 0 Å². The van der Waals surface area contributed by atoms with Crippen molar-refractivity contribution < 1.29 is 9.90 Å². The standard InChI is InChI=1S/C12H19N3O2/c1-5-15(8-12(3,4)17)11(16)10-7-13-9(2)6-14-10/h6-7,17H,5,8H2,1-4H3. The molecule has 5 nitrogen and oxygen atoms in total. The lowest BCUT2D eigenvalue weighted by Gasteiger charge is -2.27. The molecule has 0 aliphatic carbocycles. The van der Waals surface area contributed by atoms with Crippen LogP contribution in [0.5, 0.6) is 0 Å². The van der Waals surface area contributed by atoms with Crippen molar-refractivity contribution in [2.45, 2.75) is 33.3 Å². The Balaban J connectivity index is 2.83. The Bertz CT molecular complexity index is 382. The lowest BCUT2D eigenvalue weighted by Crippen LogP contribution is -2.42. The van der Waals surface area contributed by atoms with Gasteiger partial charge in [-0.3, -0.25) is 9.78 Å². The molecular formula is C12H19N3O2. The van der Waals surface area contributed by atoms with Crippen LogP contribution >= 0.6 is 0 Å². The monoisotopic (exact) mass is 237 g/mol. The Morgan fingerprint density at radius 3 is 2.47 bits per heavy atom. The number of likely N-dealkylation sites (N-methyl/N-ethyl adjacent to an activating group) is 1. The number of nitrogens with zero attached hydrogens (tertiary/aromatic N) is 3. The SMILES string of the molecule is CCN(CC(C)(C)O)C(=O)c1cnc(C)cn1. The molecule has 17 heavy (non-hydrogen) atoms. The molecule has 1 heterocycles. The van der Waals surface area contributed by atoms with Crippen molar-refractivity contribution in [2.24, 2.45) is 0 Å². The summed E-state index contributed by atoms with van der Waals surface area (Å²) in [7, 11) is 0. The number of carbonyl (C=O) groups is 1. The van der Waals surface area contributed by atoms with Crippen molar-refractivity contribution in [3.05, 3.63) is 23.8 Å². The zero-order chi connectivity index (χ0) is 13.1. The highest BCUT2D eigenvalue weighted by molar-refractivity contribution is 5.92. The van der Waals surface area contributed by atoms with Gasteiger partial charge in [0.1, 0.15) is 5.69 Å². The minimum absolute atomic E-state index is 0.206. The van der Waals surface area contributed by atoms with Crippen LogP contribution in [0.4, 0.5) is 0 Å². The van der Waals surface area contributed by atoms with Crippen molar-refractivity contribution in [3.8, 4) is 0 Å². The molecule has 1 aromatic rings. The van der Waals surface area contributed by atoms with E-state index < -0.39 is 5.60 Å². The zero-order valence-corrected chi connectivity index (χ0v) is 10.8. The molecule has 94 valence electrons. The summed E-state index contributed by atoms with van der Waals surface area (Å²) in [5.41, 5.74) is 0.165. The Morgan fingerprint density at radius 2 is 2.06 bits per heavy atom. The minimum atomic E-state index is -0.913. The van der Waals surface area contributed by atoms with Crippen LogP contribution in [0.15, 0.2) is 12.4 Å². The fraction of sp³-hybridized carbons (Fsp3) is 0.583. The maximum atomic E-state index is 12.1. The van der Waals surface area contributed by atoms with Gasteiger partial charge in [-0.1, -0.05) is 0 Å². The van der Waals surface area contributed by atoms with Crippen LogP contribution in [-0.4, -0.2) is 44.6 Å². The number of hydrogen-bond donors (Lipinski definition) is 1. The van der Waals surface area contributed by atoms with Gasteiger partial charge < -0.3 is 10.0 Å². The van der Waals surface area contributed by atoms with Gasteiger partial charge in [0, 0.05) is 19.3 Å². The van der Waals surface area contributed by atoms with E-state index in [2.05, 4.69) is 9.97 Å². The van der Waals surface area contributed by atoms with Crippen LogP contribution in [-0.2, 0) is 0 Å². The number of aromatic nitrogens is 2. The van der Waals surface area contributed by atoms with E-state index in [4.69, 9.17) is 0 Å². The van der Waals surface area contributed by atoms with Crippen LogP contribution in [0, 0.1) is 6.92 Å². The molecule has 1 aromatic heterocycles. The van der Waals surface area contributed by atoms with E-state index in [1.807, 2.05) is 13.8 Å². The average molecular weight is 237 g/mol. The number of aliphatic hydroxyl groups is 1. The lowest BCUT2D eigenvalue weighted by molar-refractivity contribution is 0.0311. The Labute approximate surface area is 102 Å². The van der Waals surface area contributed by atoms with Gasteiger partial charge >= 0.3 is 0 Å². The third-order valence-corrected chi connectivity index (χ3v) is 2.25. The van der Waals surface area contributed by atoms with Crippen molar-refractivity contribution in [3.63, 3.8) is 0 Å². The summed E-state index contributed by atoms with van der Waals surface area (Å²) in [6, 6.07) is 0. The van der Waals surface area contributed by atoms with Gasteiger partial charge in [0.05, 0.1) is 17.5 Å². The minimum Gasteiger partial charge on any atom is -0.389 e. The van der Waals surface area contributed by atoms with Gasteiger partial charge in [-0.25, -0.2) is 4.98 Å². The molecule has 0 bridgehead atoms. The number of aryl methyl sites for hydroxylation is 1. The molecule has 5 heteroatoms. The highest BCUT2D eigenvalue weighted by atomic mass is 16.3. The summed E-state index contributed by atoms with van der Waals surface area (Å²) >= 11 is 0. The number of rotatable bonds is 4. The molecule has 0 radical (unpaired) electrons. The fourth-order valence-electron chi connectivity index (χ4n) is 1.46. The molecule has 0 aliphatic heterocycles. The van der Waals surface area contributed by atoms with Crippen molar-refractivity contribution >= 4 is 5.91 Å². The van der Waals surface area contributed by atoms with Crippen LogP contribution in [0.3, 0.4) is 0 Å². The number of amides is 1. The van der Waals surface area contributed by atoms with E-state index in [-0.39, 0.29) is 12.5 Å². The molecule has 0 saturated heterocycles. The highest BCUT2D eigenvalue weighted by Crippen LogP contribution is 2.08. The second kappa shape index (κ2) is 5.23. The maximum Gasteiger partial charge on any atom is 0.274 e. The summed E-state index contributed by atoms with van der Waals surface area (Å²) in [4.78, 5) is 21.7. The van der Waals surface area contributed by atoms with Crippen molar-refractivity contribution in [1.82, 2.24) is 14.9 Å². The van der Waals surface area contributed by atoms with E-state index in [0.29, 0.717) is 12.2 Å². The van der Waals surface area contributed by atoms with Crippen molar-refractivity contribution in [2.75, 3.05) is 13.1 Å². The second-order valence-corrected chi connectivity index (χ2v) is 4.67. The molecule has 1 amide bonds. The van der Waals surface area contributed by atoms with Gasteiger partial charge in [-0.2, -0.15) is 0 Å². The van der Waals surface area contributed by atoms with Gasteiger partial charge in [0.2, 0.25) is 0 Å².